The van der Waals surface area contributed by atoms with Crippen LogP contribution in [-0.4, -0.2) is 12.5 Å². The second-order valence-corrected chi connectivity index (χ2v) is 4.25. The minimum Gasteiger partial charge on any atom is -0.330 e. The van der Waals surface area contributed by atoms with Crippen LogP contribution in [0.15, 0.2) is 12.1 Å². The van der Waals surface area contributed by atoms with Gasteiger partial charge in [-0.25, -0.2) is 13.2 Å². The SMILES string of the molecule is NCCCCCCC(=O)Nc1cc(F)c(F)c(F)c1. The maximum Gasteiger partial charge on any atom is 0.224 e. The molecule has 0 fully saturated rings. The van der Waals surface area contributed by atoms with Gasteiger partial charge >= 0.3 is 0 Å². The zero-order valence-electron chi connectivity index (χ0n) is 10.5. The van der Waals surface area contributed by atoms with Crippen molar-refractivity contribution in [3.8, 4) is 0 Å². The Hall–Kier alpha value is -1.56. The van der Waals surface area contributed by atoms with E-state index >= 15 is 0 Å². The van der Waals surface area contributed by atoms with E-state index in [-0.39, 0.29) is 18.0 Å². The van der Waals surface area contributed by atoms with Gasteiger partial charge in [0.2, 0.25) is 5.91 Å². The van der Waals surface area contributed by atoms with Crippen LogP contribution in [-0.2, 0) is 4.79 Å². The van der Waals surface area contributed by atoms with E-state index in [0.717, 1.165) is 31.4 Å². The zero-order valence-corrected chi connectivity index (χ0v) is 10.5. The number of nitrogens with two attached hydrogens (primary N) is 1. The van der Waals surface area contributed by atoms with Gasteiger partial charge in [-0.15, -0.1) is 0 Å². The predicted molar refractivity (Wildman–Crippen MR) is 67.1 cm³/mol. The monoisotopic (exact) mass is 274 g/mol. The van der Waals surface area contributed by atoms with E-state index in [1.54, 1.807) is 0 Å². The Balaban J connectivity index is 2.40. The van der Waals surface area contributed by atoms with Crippen molar-refractivity contribution in [1.29, 1.82) is 0 Å². The van der Waals surface area contributed by atoms with Crippen LogP contribution in [0, 0.1) is 17.5 Å². The molecule has 3 N–H and O–H groups in total. The van der Waals surface area contributed by atoms with Crippen molar-refractivity contribution in [1.82, 2.24) is 0 Å². The van der Waals surface area contributed by atoms with Crippen LogP contribution in [0.3, 0.4) is 0 Å². The molecule has 0 radical (unpaired) electrons. The first-order valence-corrected chi connectivity index (χ1v) is 6.19. The molecule has 1 aromatic carbocycles. The molecular formula is C13H17F3N2O. The van der Waals surface area contributed by atoms with Gasteiger partial charge in [0.05, 0.1) is 0 Å². The Morgan fingerprint density at radius 3 is 2.21 bits per heavy atom. The molecule has 1 aromatic rings. The van der Waals surface area contributed by atoms with Gasteiger partial charge < -0.3 is 11.1 Å². The number of halogens is 3. The first-order chi connectivity index (χ1) is 9.04. The van der Waals surface area contributed by atoms with Crippen LogP contribution < -0.4 is 11.1 Å². The van der Waals surface area contributed by atoms with E-state index in [9.17, 15) is 18.0 Å². The molecule has 0 saturated heterocycles. The first kappa shape index (κ1) is 15.5. The molecular weight excluding hydrogens is 257 g/mol. The summed E-state index contributed by atoms with van der Waals surface area (Å²) in [7, 11) is 0. The average molecular weight is 274 g/mol. The van der Waals surface area contributed by atoms with Gasteiger partial charge in [-0.2, -0.15) is 0 Å². The Labute approximate surface area is 110 Å². The quantitative estimate of drug-likeness (QED) is 0.593. The normalized spacial score (nSPS) is 10.5. The number of amides is 1. The van der Waals surface area contributed by atoms with Crippen molar-refractivity contribution in [2.24, 2.45) is 5.73 Å². The summed E-state index contributed by atoms with van der Waals surface area (Å²) in [5, 5.41) is 2.33. The third-order valence-corrected chi connectivity index (χ3v) is 2.63. The standard InChI is InChI=1S/C13H17F3N2O/c14-10-7-9(8-11(15)13(10)16)18-12(19)5-3-1-2-4-6-17/h7-8H,1-6,17H2,(H,18,19). The lowest BCUT2D eigenvalue weighted by atomic mass is 10.1. The number of anilines is 1. The highest BCUT2D eigenvalue weighted by Crippen LogP contribution is 2.17. The minimum atomic E-state index is -1.54. The van der Waals surface area contributed by atoms with Gasteiger partial charge in [0.1, 0.15) is 0 Å². The summed E-state index contributed by atoms with van der Waals surface area (Å²) in [5.41, 5.74) is 5.25. The number of hydrogen-bond acceptors (Lipinski definition) is 2. The molecule has 106 valence electrons. The lowest BCUT2D eigenvalue weighted by Crippen LogP contribution is -2.12. The summed E-state index contributed by atoms with van der Waals surface area (Å²) in [6.07, 6.45) is 3.67. The van der Waals surface area contributed by atoms with E-state index in [0.29, 0.717) is 13.0 Å². The molecule has 0 atom stereocenters. The van der Waals surface area contributed by atoms with Gasteiger partial charge in [0.25, 0.3) is 0 Å². The van der Waals surface area contributed by atoms with Gasteiger partial charge in [-0.05, 0) is 19.4 Å². The van der Waals surface area contributed by atoms with Crippen molar-refractivity contribution >= 4 is 11.6 Å². The summed E-state index contributed by atoms with van der Waals surface area (Å²) in [6, 6.07) is 1.51. The van der Waals surface area contributed by atoms with Crippen LogP contribution in [0.4, 0.5) is 18.9 Å². The maximum absolute atomic E-state index is 12.9. The van der Waals surface area contributed by atoms with E-state index in [4.69, 9.17) is 5.73 Å². The van der Waals surface area contributed by atoms with Gasteiger partial charge in [-0.1, -0.05) is 12.8 Å². The highest BCUT2D eigenvalue weighted by Gasteiger charge is 2.11. The van der Waals surface area contributed by atoms with Crippen LogP contribution in [0.1, 0.15) is 32.1 Å². The van der Waals surface area contributed by atoms with E-state index < -0.39 is 17.5 Å². The number of hydrogen-bond donors (Lipinski definition) is 2. The first-order valence-electron chi connectivity index (χ1n) is 6.19. The number of carbonyl (C=O) groups excluding carboxylic acids is 1. The van der Waals surface area contributed by atoms with Crippen molar-refractivity contribution in [3.63, 3.8) is 0 Å². The zero-order chi connectivity index (χ0) is 14.3. The number of nitrogens with one attached hydrogen (secondary N) is 1. The molecule has 0 aliphatic rings. The van der Waals surface area contributed by atoms with Gasteiger partial charge in [0.15, 0.2) is 17.5 Å². The summed E-state index contributed by atoms with van der Waals surface area (Å²) in [4.78, 5) is 11.5. The van der Waals surface area contributed by atoms with Crippen molar-refractivity contribution < 1.29 is 18.0 Å². The Morgan fingerprint density at radius 2 is 1.63 bits per heavy atom. The van der Waals surface area contributed by atoms with Crippen molar-refractivity contribution in [2.75, 3.05) is 11.9 Å². The van der Waals surface area contributed by atoms with E-state index in [2.05, 4.69) is 5.32 Å². The van der Waals surface area contributed by atoms with Crippen LogP contribution >= 0.6 is 0 Å². The second-order valence-electron chi connectivity index (χ2n) is 4.25. The van der Waals surface area contributed by atoms with E-state index in [1.165, 1.54) is 0 Å². The highest BCUT2D eigenvalue weighted by molar-refractivity contribution is 5.90. The minimum absolute atomic E-state index is 0.0802. The lowest BCUT2D eigenvalue weighted by molar-refractivity contribution is -0.116. The lowest BCUT2D eigenvalue weighted by Gasteiger charge is -2.06. The summed E-state index contributed by atoms with van der Waals surface area (Å²) < 4.78 is 38.5. The molecule has 0 aliphatic carbocycles. The molecule has 0 aromatic heterocycles. The summed E-state index contributed by atoms with van der Waals surface area (Å²) in [5.74, 6) is -4.53. The summed E-state index contributed by atoms with van der Waals surface area (Å²) >= 11 is 0. The van der Waals surface area contributed by atoms with Crippen molar-refractivity contribution in [2.45, 2.75) is 32.1 Å². The second kappa shape index (κ2) is 7.78. The van der Waals surface area contributed by atoms with Crippen LogP contribution in [0.25, 0.3) is 0 Å². The molecule has 0 spiro atoms. The molecule has 1 amide bonds. The molecule has 0 aliphatic heterocycles. The summed E-state index contributed by atoms with van der Waals surface area (Å²) in [6.45, 7) is 0.625. The topological polar surface area (TPSA) is 55.1 Å². The fraction of sp³-hybridized carbons (Fsp3) is 0.462. The fourth-order valence-electron chi connectivity index (χ4n) is 1.63. The molecule has 0 saturated carbocycles. The van der Waals surface area contributed by atoms with Gasteiger partial charge in [-0.3, -0.25) is 4.79 Å². The van der Waals surface area contributed by atoms with E-state index in [1.807, 2.05) is 0 Å². The fourth-order valence-corrected chi connectivity index (χ4v) is 1.63. The average Bonchev–Trinajstić information content (AvgIpc) is 2.35. The number of benzene rings is 1. The van der Waals surface area contributed by atoms with Crippen molar-refractivity contribution in [3.05, 3.63) is 29.6 Å². The molecule has 19 heavy (non-hydrogen) atoms. The number of rotatable bonds is 7. The predicted octanol–water partition coefficient (Wildman–Crippen LogP) is 2.95. The molecule has 3 nitrogen and oxygen atoms in total. The largest absolute Gasteiger partial charge is 0.330 e. The molecule has 0 unspecified atom stereocenters. The Bertz CT molecular complexity index is 415. The molecule has 1 rings (SSSR count). The maximum atomic E-state index is 12.9. The highest BCUT2D eigenvalue weighted by atomic mass is 19.2. The number of carbonyl (C=O) groups is 1. The molecule has 6 heteroatoms. The third-order valence-electron chi connectivity index (χ3n) is 2.63. The Kier molecular flexibility index (Phi) is 6.35. The smallest absolute Gasteiger partial charge is 0.224 e. The third kappa shape index (κ3) is 5.30. The molecule has 0 bridgehead atoms. The molecule has 0 heterocycles. The van der Waals surface area contributed by atoms with Crippen LogP contribution in [0.5, 0.6) is 0 Å². The Morgan fingerprint density at radius 1 is 1.05 bits per heavy atom. The van der Waals surface area contributed by atoms with Crippen LogP contribution in [0.2, 0.25) is 0 Å². The number of unbranched alkanes of at least 4 members (excludes halogenated alkanes) is 3. The van der Waals surface area contributed by atoms with Gasteiger partial charge in [0, 0.05) is 24.2 Å².